The average molecular weight is 383 g/mol. The normalized spacial score (nSPS) is 18.0. The van der Waals surface area contributed by atoms with Gasteiger partial charge in [0.1, 0.15) is 11.9 Å². The minimum Gasteiger partial charge on any atom is -0.474 e. The van der Waals surface area contributed by atoms with Crippen LogP contribution in [0.1, 0.15) is 68.1 Å². The largest absolute Gasteiger partial charge is 0.474 e. The van der Waals surface area contributed by atoms with Crippen molar-refractivity contribution in [3.8, 4) is 5.88 Å². The van der Waals surface area contributed by atoms with Crippen molar-refractivity contribution in [1.82, 2.24) is 19.9 Å². The predicted octanol–water partition coefficient (Wildman–Crippen LogP) is 3.39. The quantitative estimate of drug-likeness (QED) is 0.829. The highest BCUT2D eigenvalue weighted by Crippen LogP contribution is 2.23. The van der Waals surface area contributed by atoms with E-state index in [9.17, 15) is 4.79 Å². The van der Waals surface area contributed by atoms with Crippen LogP contribution in [0.4, 0.5) is 0 Å². The third kappa shape index (κ3) is 4.61. The van der Waals surface area contributed by atoms with Crippen LogP contribution in [0.25, 0.3) is 0 Å². The van der Waals surface area contributed by atoms with Gasteiger partial charge in [0.05, 0.1) is 11.3 Å². The van der Waals surface area contributed by atoms with Crippen molar-refractivity contribution in [1.29, 1.82) is 0 Å². The van der Waals surface area contributed by atoms with Gasteiger partial charge < -0.3 is 9.72 Å². The number of aromatic amines is 1. The molecule has 150 valence electrons. The number of aryl methyl sites for hydroxylation is 1. The summed E-state index contributed by atoms with van der Waals surface area (Å²) in [5.74, 6) is 1.54. The first-order valence-electron chi connectivity index (χ1n) is 10.7. The Kier molecular flexibility index (Phi) is 6.05. The van der Waals surface area contributed by atoms with Gasteiger partial charge in [0.2, 0.25) is 5.88 Å². The molecule has 0 unspecified atom stereocenters. The summed E-state index contributed by atoms with van der Waals surface area (Å²) in [5, 5.41) is 0. The number of nitrogens with zero attached hydrogens (tertiary/aromatic N) is 3. The number of hydrogen-bond acceptors (Lipinski definition) is 5. The molecular weight excluding hydrogens is 352 g/mol. The SMILES string of the molecule is CCCc1nc2c(c(=O)[nH]1)CN(Cc1ccc(OC3CCCCC3)nc1)CC2. The van der Waals surface area contributed by atoms with E-state index in [1.54, 1.807) is 0 Å². The topological polar surface area (TPSA) is 71.1 Å². The fraction of sp³-hybridized carbons (Fsp3) is 0.591. The lowest BCUT2D eigenvalue weighted by atomic mass is 9.98. The maximum absolute atomic E-state index is 12.4. The van der Waals surface area contributed by atoms with E-state index in [0.717, 1.165) is 73.7 Å². The van der Waals surface area contributed by atoms with Crippen LogP contribution < -0.4 is 10.3 Å². The summed E-state index contributed by atoms with van der Waals surface area (Å²) in [4.78, 5) is 26.8. The van der Waals surface area contributed by atoms with Crippen molar-refractivity contribution < 1.29 is 4.74 Å². The smallest absolute Gasteiger partial charge is 0.255 e. The zero-order valence-corrected chi connectivity index (χ0v) is 16.7. The van der Waals surface area contributed by atoms with E-state index in [2.05, 4.69) is 32.8 Å². The Hall–Kier alpha value is -2.21. The number of fused-ring (bicyclic) bond motifs is 1. The third-order valence-electron chi connectivity index (χ3n) is 5.73. The molecule has 2 aliphatic rings. The molecule has 1 aliphatic carbocycles. The Morgan fingerprint density at radius 3 is 2.86 bits per heavy atom. The maximum Gasteiger partial charge on any atom is 0.255 e. The summed E-state index contributed by atoms with van der Waals surface area (Å²) in [6.45, 7) is 4.44. The minimum absolute atomic E-state index is 0.0208. The first kappa shape index (κ1) is 19.1. The predicted molar refractivity (Wildman–Crippen MR) is 108 cm³/mol. The van der Waals surface area contributed by atoms with Crippen molar-refractivity contribution >= 4 is 0 Å². The lowest BCUT2D eigenvalue weighted by Crippen LogP contribution is -2.35. The van der Waals surface area contributed by atoms with E-state index in [4.69, 9.17) is 4.74 Å². The van der Waals surface area contributed by atoms with Crippen molar-refractivity contribution in [3.63, 3.8) is 0 Å². The molecular formula is C22H30N4O2. The van der Waals surface area contributed by atoms with E-state index in [-0.39, 0.29) is 5.56 Å². The van der Waals surface area contributed by atoms with Crippen LogP contribution in [0.2, 0.25) is 0 Å². The Morgan fingerprint density at radius 2 is 2.11 bits per heavy atom. The fourth-order valence-electron chi connectivity index (χ4n) is 4.21. The zero-order chi connectivity index (χ0) is 19.3. The highest BCUT2D eigenvalue weighted by atomic mass is 16.5. The lowest BCUT2D eigenvalue weighted by Gasteiger charge is -2.27. The number of nitrogens with one attached hydrogen (secondary N) is 1. The Labute approximate surface area is 166 Å². The van der Waals surface area contributed by atoms with Gasteiger partial charge in [-0.1, -0.05) is 19.4 Å². The maximum atomic E-state index is 12.4. The summed E-state index contributed by atoms with van der Waals surface area (Å²) in [7, 11) is 0. The molecule has 3 heterocycles. The second-order valence-corrected chi connectivity index (χ2v) is 8.03. The molecule has 6 heteroatoms. The zero-order valence-electron chi connectivity index (χ0n) is 16.7. The number of aromatic nitrogens is 3. The minimum atomic E-state index is 0.0208. The van der Waals surface area contributed by atoms with Gasteiger partial charge in [-0.25, -0.2) is 9.97 Å². The molecule has 0 aromatic carbocycles. The van der Waals surface area contributed by atoms with E-state index in [1.165, 1.54) is 19.3 Å². The molecule has 2 aromatic heterocycles. The molecule has 0 amide bonds. The highest BCUT2D eigenvalue weighted by Gasteiger charge is 2.21. The average Bonchev–Trinajstić information content (AvgIpc) is 2.71. The van der Waals surface area contributed by atoms with Gasteiger partial charge in [0.25, 0.3) is 5.56 Å². The van der Waals surface area contributed by atoms with Crippen LogP contribution in [0.5, 0.6) is 5.88 Å². The fourth-order valence-corrected chi connectivity index (χ4v) is 4.21. The second-order valence-electron chi connectivity index (χ2n) is 8.03. The van der Waals surface area contributed by atoms with Gasteiger partial charge in [0.15, 0.2) is 0 Å². The molecule has 4 rings (SSSR count). The molecule has 1 aliphatic heterocycles. The third-order valence-corrected chi connectivity index (χ3v) is 5.73. The molecule has 0 saturated heterocycles. The van der Waals surface area contributed by atoms with Crippen molar-refractivity contribution in [2.45, 2.75) is 77.5 Å². The number of H-pyrrole nitrogens is 1. The summed E-state index contributed by atoms with van der Waals surface area (Å²) in [5.41, 5.74) is 2.95. The number of hydrogen-bond donors (Lipinski definition) is 1. The molecule has 0 radical (unpaired) electrons. The van der Waals surface area contributed by atoms with Crippen molar-refractivity contribution in [2.24, 2.45) is 0 Å². The van der Waals surface area contributed by atoms with Crippen LogP contribution >= 0.6 is 0 Å². The molecule has 0 spiro atoms. The molecule has 1 fully saturated rings. The molecule has 1 saturated carbocycles. The van der Waals surface area contributed by atoms with E-state index >= 15 is 0 Å². The van der Waals surface area contributed by atoms with E-state index in [0.29, 0.717) is 12.6 Å². The molecule has 1 N–H and O–H groups in total. The standard InChI is InChI=1S/C22H30N4O2/c1-2-6-20-24-19-11-12-26(15-18(19)22(27)25-20)14-16-9-10-21(23-13-16)28-17-7-4-3-5-8-17/h9-10,13,17H,2-8,11-12,14-15H2,1H3,(H,24,25,27). The highest BCUT2D eigenvalue weighted by molar-refractivity contribution is 5.22. The molecule has 6 nitrogen and oxygen atoms in total. The van der Waals surface area contributed by atoms with Crippen LogP contribution in [0, 0.1) is 0 Å². The Morgan fingerprint density at radius 1 is 1.25 bits per heavy atom. The number of pyridine rings is 1. The summed E-state index contributed by atoms with van der Waals surface area (Å²) < 4.78 is 6.02. The summed E-state index contributed by atoms with van der Waals surface area (Å²) in [6.07, 6.45) is 11.0. The van der Waals surface area contributed by atoms with Gasteiger partial charge in [0, 0.05) is 44.7 Å². The van der Waals surface area contributed by atoms with Gasteiger partial charge in [-0.05, 0) is 37.7 Å². The van der Waals surface area contributed by atoms with Gasteiger partial charge in [-0.2, -0.15) is 0 Å². The molecule has 2 aromatic rings. The van der Waals surface area contributed by atoms with E-state index < -0.39 is 0 Å². The van der Waals surface area contributed by atoms with Gasteiger partial charge >= 0.3 is 0 Å². The summed E-state index contributed by atoms with van der Waals surface area (Å²) >= 11 is 0. The van der Waals surface area contributed by atoms with E-state index in [1.807, 2.05) is 12.3 Å². The monoisotopic (exact) mass is 382 g/mol. The lowest BCUT2D eigenvalue weighted by molar-refractivity contribution is 0.148. The van der Waals surface area contributed by atoms with Crippen LogP contribution in [0.3, 0.4) is 0 Å². The van der Waals surface area contributed by atoms with Crippen LogP contribution in [-0.4, -0.2) is 32.5 Å². The molecule has 0 atom stereocenters. The summed E-state index contributed by atoms with van der Waals surface area (Å²) in [6, 6.07) is 4.07. The molecule has 0 bridgehead atoms. The first-order valence-corrected chi connectivity index (χ1v) is 10.7. The Balaban J connectivity index is 1.37. The van der Waals surface area contributed by atoms with Gasteiger partial charge in [-0.3, -0.25) is 9.69 Å². The van der Waals surface area contributed by atoms with Crippen LogP contribution in [0.15, 0.2) is 23.1 Å². The van der Waals surface area contributed by atoms with Crippen molar-refractivity contribution in [3.05, 3.63) is 51.3 Å². The van der Waals surface area contributed by atoms with Crippen LogP contribution in [-0.2, 0) is 25.9 Å². The number of rotatable bonds is 6. The molecule has 28 heavy (non-hydrogen) atoms. The first-order chi connectivity index (χ1) is 13.7. The number of ether oxygens (including phenoxy) is 1. The second kappa shape index (κ2) is 8.86. The van der Waals surface area contributed by atoms with Crippen molar-refractivity contribution in [2.75, 3.05) is 6.54 Å². The van der Waals surface area contributed by atoms with Gasteiger partial charge in [-0.15, -0.1) is 0 Å². The Bertz CT molecular complexity index is 841.